The molecule has 1 spiro atoms. The van der Waals surface area contributed by atoms with Crippen LogP contribution in [-0.4, -0.2) is 65.8 Å². The maximum absolute atomic E-state index is 12.1. The Labute approximate surface area is 143 Å². The van der Waals surface area contributed by atoms with Gasteiger partial charge in [-0.05, 0) is 37.8 Å². The van der Waals surface area contributed by atoms with Crippen molar-refractivity contribution in [3.05, 3.63) is 11.8 Å². The van der Waals surface area contributed by atoms with E-state index in [0.29, 0.717) is 31.4 Å². The first-order chi connectivity index (χ1) is 11.6. The molecule has 7 heteroatoms. The molecule has 7 nitrogen and oxygen atoms in total. The summed E-state index contributed by atoms with van der Waals surface area (Å²) >= 11 is 0. The average molecular weight is 336 g/mol. The van der Waals surface area contributed by atoms with E-state index in [0.717, 1.165) is 51.9 Å². The van der Waals surface area contributed by atoms with Gasteiger partial charge in [0.15, 0.2) is 0 Å². The number of aromatic nitrogens is 2. The van der Waals surface area contributed by atoms with Crippen molar-refractivity contribution in [2.24, 2.45) is 5.41 Å². The predicted molar refractivity (Wildman–Crippen MR) is 88.3 cm³/mol. The van der Waals surface area contributed by atoms with Gasteiger partial charge >= 0.3 is 0 Å². The van der Waals surface area contributed by atoms with Gasteiger partial charge < -0.3 is 14.1 Å². The summed E-state index contributed by atoms with van der Waals surface area (Å²) in [4.78, 5) is 16.5. The van der Waals surface area contributed by atoms with Crippen molar-refractivity contribution >= 4 is 5.91 Å². The number of rotatable bonds is 6. The summed E-state index contributed by atoms with van der Waals surface area (Å²) in [7, 11) is 1.68. The number of carbonyl (C=O) groups is 1. The molecule has 0 radical (unpaired) electrons. The van der Waals surface area contributed by atoms with E-state index in [-0.39, 0.29) is 11.3 Å². The monoisotopic (exact) mass is 336 g/mol. The van der Waals surface area contributed by atoms with E-state index in [1.165, 1.54) is 0 Å². The lowest BCUT2D eigenvalue weighted by Crippen LogP contribution is -2.52. The number of likely N-dealkylation sites (tertiary alicyclic amines) is 2. The topological polar surface area (TPSA) is 71.7 Å². The van der Waals surface area contributed by atoms with Crippen molar-refractivity contribution in [3.63, 3.8) is 0 Å². The van der Waals surface area contributed by atoms with Crippen LogP contribution in [-0.2, 0) is 22.5 Å². The molecule has 2 fully saturated rings. The molecule has 24 heavy (non-hydrogen) atoms. The van der Waals surface area contributed by atoms with Gasteiger partial charge in [-0.1, -0.05) is 6.92 Å². The summed E-state index contributed by atoms with van der Waals surface area (Å²) in [6.45, 7) is 7.00. The summed E-state index contributed by atoms with van der Waals surface area (Å²) in [5.74, 6) is 1.69. The number of piperidine rings is 2. The quantitative estimate of drug-likeness (QED) is 0.784. The number of nitrogens with zero attached hydrogens (tertiary/aromatic N) is 4. The van der Waals surface area contributed by atoms with Crippen molar-refractivity contribution in [2.45, 2.75) is 45.6 Å². The summed E-state index contributed by atoms with van der Waals surface area (Å²) in [5, 5.41) is 8.15. The molecule has 0 aromatic carbocycles. The van der Waals surface area contributed by atoms with Gasteiger partial charge in [0, 0.05) is 33.0 Å². The summed E-state index contributed by atoms with van der Waals surface area (Å²) in [6.07, 6.45) is 4.72. The molecule has 0 N–H and O–H groups in total. The molecule has 0 aliphatic carbocycles. The van der Waals surface area contributed by atoms with E-state index in [9.17, 15) is 4.79 Å². The minimum Gasteiger partial charge on any atom is -0.424 e. The van der Waals surface area contributed by atoms with Crippen LogP contribution in [0.4, 0.5) is 0 Å². The standard InChI is InChI=1S/C17H28N4O3/c1-3-14-18-19-15(24-14)12-20-8-6-17(7-9-20)5-4-16(22)21(13-17)10-11-23-2/h3-13H2,1-2H3. The third-order valence-electron chi connectivity index (χ3n) is 5.40. The highest BCUT2D eigenvalue weighted by molar-refractivity contribution is 5.77. The lowest BCUT2D eigenvalue weighted by Gasteiger charge is -2.47. The van der Waals surface area contributed by atoms with Gasteiger partial charge in [-0.25, -0.2) is 0 Å². The first-order valence-electron chi connectivity index (χ1n) is 8.94. The van der Waals surface area contributed by atoms with Gasteiger partial charge in [-0.2, -0.15) is 0 Å². The highest BCUT2D eigenvalue weighted by atomic mass is 16.5. The summed E-state index contributed by atoms with van der Waals surface area (Å²) in [6, 6.07) is 0. The number of hydrogen-bond donors (Lipinski definition) is 0. The Morgan fingerprint density at radius 2 is 1.96 bits per heavy atom. The normalized spacial score (nSPS) is 21.6. The summed E-state index contributed by atoms with van der Waals surface area (Å²) in [5.41, 5.74) is 0.279. The van der Waals surface area contributed by atoms with Crippen LogP contribution >= 0.6 is 0 Å². The van der Waals surface area contributed by atoms with Gasteiger partial charge in [0.1, 0.15) is 0 Å². The second-order valence-electron chi connectivity index (χ2n) is 7.03. The largest absolute Gasteiger partial charge is 0.424 e. The van der Waals surface area contributed by atoms with Crippen LogP contribution in [0.2, 0.25) is 0 Å². The highest BCUT2D eigenvalue weighted by Crippen LogP contribution is 2.40. The average Bonchev–Trinajstić information content (AvgIpc) is 3.06. The van der Waals surface area contributed by atoms with E-state index in [2.05, 4.69) is 15.1 Å². The first-order valence-corrected chi connectivity index (χ1v) is 8.94. The zero-order valence-electron chi connectivity index (χ0n) is 14.8. The Bertz CT molecular complexity index is 552. The minimum atomic E-state index is 0.276. The number of hydrogen-bond acceptors (Lipinski definition) is 6. The van der Waals surface area contributed by atoms with Crippen LogP contribution in [0.3, 0.4) is 0 Å². The Morgan fingerprint density at radius 1 is 1.21 bits per heavy atom. The zero-order chi connectivity index (χ0) is 17.0. The van der Waals surface area contributed by atoms with Crippen LogP contribution in [0.5, 0.6) is 0 Å². The Balaban J connectivity index is 1.52. The zero-order valence-corrected chi connectivity index (χ0v) is 14.8. The number of ether oxygens (including phenoxy) is 1. The fourth-order valence-corrected chi connectivity index (χ4v) is 3.79. The van der Waals surface area contributed by atoms with Crippen molar-refractivity contribution in [1.29, 1.82) is 0 Å². The number of amides is 1. The molecule has 2 saturated heterocycles. The molecule has 3 rings (SSSR count). The Kier molecular flexibility index (Phi) is 5.50. The highest BCUT2D eigenvalue weighted by Gasteiger charge is 2.40. The molecule has 3 heterocycles. The van der Waals surface area contributed by atoms with Gasteiger partial charge in [0.25, 0.3) is 0 Å². The molecule has 2 aliphatic heterocycles. The van der Waals surface area contributed by atoms with Crippen LogP contribution in [0.15, 0.2) is 4.42 Å². The lowest BCUT2D eigenvalue weighted by atomic mass is 9.72. The van der Waals surface area contributed by atoms with Crippen LogP contribution < -0.4 is 0 Å². The van der Waals surface area contributed by atoms with Crippen molar-refractivity contribution in [2.75, 3.05) is 39.9 Å². The first kappa shape index (κ1) is 17.4. The van der Waals surface area contributed by atoms with E-state index in [4.69, 9.17) is 9.15 Å². The minimum absolute atomic E-state index is 0.276. The SMILES string of the molecule is CCc1nnc(CN2CCC3(CCC(=O)N(CCOC)C3)CC2)o1. The van der Waals surface area contributed by atoms with Crippen LogP contribution in [0.1, 0.15) is 44.4 Å². The van der Waals surface area contributed by atoms with Gasteiger partial charge in [-0.3, -0.25) is 9.69 Å². The third-order valence-corrected chi connectivity index (χ3v) is 5.40. The third kappa shape index (κ3) is 3.95. The molecule has 0 atom stereocenters. The predicted octanol–water partition coefficient (Wildman–Crippen LogP) is 1.48. The van der Waals surface area contributed by atoms with E-state index >= 15 is 0 Å². The molecule has 1 aromatic rings. The van der Waals surface area contributed by atoms with E-state index in [1.807, 2.05) is 11.8 Å². The second-order valence-corrected chi connectivity index (χ2v) is 7.03. The maximum atomic E-state index is 12.1. The number of methoxy groups -OCH3 is 1. The lowest BCUT2D eigenvalue weighted by molar-refractivity contribution is -0.140. The van der Waals surface area contributed by atoms with E-state index in [1.54, 1.807) is 7.11 Å². The number of aryl methyl sites for hydroxylation is 1. The van der Waals surface area contributed by atoms with Gasteiger partial charge in [0.2, 0.25) is 17.7 Å². The fourth-order valence-electron chi connectivity index (χ4n) is 3.79. The van der Waals surface area contributed by atoms with Gasteiger partial charge in [-0.15, -0.1) is 10.2 Å². The molecular weight excluding hydrogens is 308 g/mol. The Morgan fingerprint density at radius 3 is 2.62 bits per heavy atom. The second kappa shape index (κ2) is 7.61. The molecule has 0 saturated carbocycles. The molecule has 0 bridgehead atoms. The van der Waals surface area contributed by atoms with Crippen LogP contribution in [0, 0.1) is 5.41 Å². The molecule has 134 valence electrons. The van der Waals surface area contributed by atoms with Crippen molar-refractivity contribution in [3.8, 4) is 0 Å². The maximum Gasteiger partial charge on any atom is 0.230 e. The fraction of sp³-hybridized carbons (Fsp3) is 0.824. The summed E-state index contributed by atoms with van der Waals surface area (Å²) < 4.78 is 10.8. The van der Waals surface area contributed by atoms with E-state index < -0.39 is 0 Å². The van der Waals surface area contributed by atoms with Gasteiger partial charge in [0.05, 0.1) is 13.2 Å². The molecule has 2 aliphatic rings. The Hall–Kier alpha value is -1.47. The molecule has 1 aromatic heterocycles. The van der Waals surface area contributed by atoms with Crippen molar-refractivity contribution in [1.82, 2.24) is 20.0 Å². The molecule has 0 unspecified atom stereocenters. The molecule has 1 amide bonds. The van der Waals surface area contributed by atoms with Crippen LogP contribution in [0.25, 0.3) is 0 Å². The van der Waals surface area contributed by atoms with Crippen molar-refractivity contribution < 1.29 is 13.9 Å². The number of carbonyl (C=O) groups excluding carboxylic acids is 1. The molecular formula is C17H28N4O3. The smallest absolute Gasteiger partial charge is 0.230 e.